The van der Waals surface area contributed by atoms with Gasteiger partial charge in [0.1, 0.15) is 12.4 Å². The third-order valence-corrected chi connectivity index (χ3v) is 5.66. The van der Waals surface area contributed by atoms with Gasteiger partial charge in [-0.2, -0.15) is 0 Å². The van der Waals surface area contributed by atoms with Crippen LogP contribution in [0.25, 0.3) is 0 Å². The minimum absolute atomic E-state index is 0.00553. The highest BCUT2D eigenvalue weighted by Crippen LogP contribution is 2.39. The molecule has 0 amide bonds. The van der Waals surface area contributed by atoms with Crippen LogP contribution >= 0.6 is 0 Å². The number of ether oxygens (including phenoxy) is 2. The fourth-order valence-corrected chi connectivity index (χ4v) is 3.86. The molecular formula is C26H27N3O4. The van der Waals surface area contributed by atoms with Crippen molar-refractivity contribution in [3.8, 4) is 17.2 Å². The van der Waals surface area contributed by atoms with E-state index in [-0.39, 0.29) is 11.6 Å². The second-order valence-corrected chi connectivity index (χ2v) is 7.92. The quantitative estimate of drug-likeness (QED) is 0.291. The molecule has 0 N–H and O–H groups in total. The summed E-state index contributed by atoms with van der Waals surface area (Å²) in [5, 5.41) is 11.5. The number of nitro benzene ring substituents is 1. The summed E-state index contributed by atoms with van der Waals surface area (Å²) in [6, 6.07) is 22.1. The molecule has 1 atom stereocenters. The zero-order chi connectivity index (χ0) is 23.0. The molecule has 1 aliphatic heterocycles. The summed E-state index contributed by atoms with van der Waals surface area (Å²) in [4.78, 5) is 17.5. The van der Waals surface area contributed by atoms with Gasteiger partial charge in [0.25, 0.3) is 5.69 Å². The molecule has 0 aromatic heterocycles. The molecule has 0 aliphatic carbocycles. The molecule has 4 rings (SSSR count). The summed E-state index contributed by atoms with van der Waals surface area (Å²) >= 11 is 0. The van der Waals surface area contributed by atoms with E-state index in [1.807, 2.05) is 67.0 Å². The lowest BCUT2D eigenvalue weighted by molar-refractivity contribution is -0.384. The normalized spacial score (nSPS) is 13.7. The third kappa shape index (κ3) is 5.68. The largest absolute Gasteiger partial charge is 0.485 e. The minimum Gasteiger partial charge on any atom is -0.485 e. The lowest BCUT2D eigenvalue weighted by Crippen LogP contribution is -2.25. The highest BCUT2D eigenvalue weighted by atomic mass is 16.6. The fraction of sp³-hybridized carbons (Fsp3) is 0.269. The summed E-state index contributed by atoms with van der Waals surface area (Å²) in [6.45, 7) is 4.97. The van der Waals surface area contributed by atoms with E-state index in [4.69, 9.17) is 9.47 Å². The SMILES string of the molecule is CCC(CN1C=NCC1)c1ccc([N+](=O)[O-])cc1Oc1ccccc1OCc1ccccc1. The number of benzene rings is 3. The van der Waals surface area contributed by atoms with Gasteiger partial charge >= 0.3 is 0 Å². The Hall–Kier alpha value is -3.87. The van der Waals surface area contributed by atoms with Crippen molar-refractivity contribution in [1.82, 2.24) is 4.90 Å². The molecule has 0 radical (unpaired) electrons. The first-order valence-electron chi connectivity index (χ1n) is 11.1. The molecule has 3 aromatic carbocycles. The monoisotopic (exact) mass is 445 g/mol. The highest BCUT2D eigenvalue weighted by Gasteiger charge is 2.22. The Labute approximate surface area is 193 Å². The molecule has 0 bridgehead atoms. The van der Waals surface area contributed by atoms with E-state index in [0.717, 1.165) is 37.2 Å². The molecule has 7 nitrogen and oxygen atoms in total. The van der Waals surface area contributed by atoms with Gasteiger partial charge in [-0.05, 0) is 30.2 Å². The van der Waals surface area contributed by atoms with Crippen LogP contribution in [0.15, 0.2) is 77.8 Å². The molecule has 170 valence electrons. The standard InChI is InChI=1S/C26H27N3O4/c1-2-21(17-28-15-14-27-19-28)23-13-12-22(29(30)31)16-26(23)33-25-11-7-6-10-24(25)32-18-20-8-4-3-5-9-20/h3-13,16,19,21H,2,14-15,17-18H2,1H3. The molecule has 33 heavy (non-hydrogen) atoms. The van der Waals surface area contributed by atoms with Crippen LogP contribution in [-0.4, -0.2) is 35.8 Å². The summed E-state index contributed by atoms with van der Waals surface area (Å²) in [6.07, 6.45) is 2.74. The van der Waals surface area contributed by atoms with Crippen LogP contribution in [0.2, 0.25) is 0 Å². The van der Waals surface area contributed by atoms with Crippen LogP contribution in [0.3, 0.4) is 0 Å². The minimum atomic E-state index is -0.400. The molecule has 1 unspecified atom stereocenters. The smallest absolute Gasteiger partial charge is 0.273 e. The summed E-state index contributed by atoms with van der Waals surface area (Å²) in [5.41, 5.74) is 1.97. The number of para-hydroxylation sites is 2. The number of nitro groups is 1. The van der Waals surface area contributed by atoms with E-state index in [1.54, 1.807) is 6.07 Å². The first-order chi connectivity index (χ1) is 16.1. The van der Waals surface area contributed by atoms with Gasteiger partial charge in [0.15, 0.2) is 11.5 Å². The molecule has 1 aliphatic rings. The number of rotatable bonds is 10. The number of hydrogen-bond donors (Lipinski definition) is 0. The van der Waals surface area contributed by atoms with Gasteiger partial charge in [-0.15, -0.1) is 0 Å². The average Bonchev–Trinajstić information content (AvgIpc) is 3.36. The van der Waals surface area contributed by atoms with E-state index < -0.39 is 4.92 Å². The van der Waals surface area contributed by atoms with E-state index in [2.05, 4.69) is 16.8 Å². The number of aliphatic imine (C=N–C) groups is 1. The summed E-state index contributed by atoms with van der Waals surface area (Å²) in [5.74, 6) is 1.72. The second-order valence-electron chi connectivity index (χ2n) is 7.92. The maximum atomic E-state index is 11.5. The average molecular weight is 446 g/mol. The highest BCUT2D eigenvalue weighted by molar-refractivity contribution is 5.57. The Morgan fingerprint density at radius 3 is 2.48 bits per heavy atom. The van der Waals surface area contributed by atoms with E-state index >= 15 is 0 Å². The molecule has 0 spiro atoms. The van der Waals surface area contributed by atoms with Crippen LogP contribution in [0.4, 0.5) is 5.69 Å². The zero-order valence-corrected chi connectivity index (χ0v) is 18.6. The Morgan fingerprint density at radius 1 is 1.03 bits per heavy atom. The van der Waals surface area contributed by atoms with Crippen LogP contribution in [0, 0.1) is 10.1 Å². The topological polar surface area (TPSA) is 77.2 Å². The Morgan fingerprint density at radius 2 is 1.79 bits per heavy atom. The summed E-state index contributed by atoms with van der Waals surface area (Å²) < 4.78 is 12.3. The first kappa shape index (κ1) is 22.3. The van der Waals surface area contributed by atoms with E-state index in [1.165, 1.54) is 6.07 Å². The summed E-state index contributed by atoms with van der Waals surface area (Å²) in [7, 11) is 0. The lowest BCUT2D eigenvalue weighted by Gasteiger charge is -2.24. The van der Waals surface area contributed by atoms with Crippen molar-refractivity contribution in [3.05, 3.63) is 94.0 Å². The van der Waals surface area contributed by atoms with Gasteiger partial charge in [0.2, 0.25) is 0 Å². The van der Waals surface area contributed by atoms with Crippen molar-refractivity contribution in [1.29, 1.82) is 0 Å². The maximum absolute atomic E-state index is 11.5. The Kier molecular flexibility index (Phi) is 7.19. The van der Waals surface area contributed by atoms with Gasteiger partial charge in [-0.1, -0.05) is 49.4 Å². The molecule has 7 heteroatoms. The Bertz CT molecular complexity index is 1120. The van der Waals surface area contributed by atoms with Crippen molar-refractivity contribution in [3.63, 3.8) is 0 Å². The number of nitrogens with zero attached hydrogens (tertiary/aromatic N) is 3. The molecule has 1 heterocycles. The van der Waals surface area contributed by atoms with E-state index in [9.17, 15) is 10.1 Å². The van der Waals surface area contributed by atoms with Crippen molar-refractivity contribution >= 4 is 12.0 Å². The first-order valence-corrected chi connectivity index (χ1v) is 11.1. The number of non-ortho nitro benzene ring substituents is 1. The maximum Gasteiger partial charge on any atom is 0.273 e. The van der Waals surface area contributed by atoms with Crippen LogP contribution < -0.4 is 9.47 Å². The number of hydrogen-bond acceptors (Lipinski definition) is 6. The fourth-order valence-electron chi connectivity index (χ4n) is 3.86. The molecule has 0 saturated carbocycles. The van der Waals surface area contributed by atoms with Crippen LogP contribution in [-0.2, 0) is 6.61 Å². The molecule has 0 fully saturated rings. The molecular weight excluding hydrogens is 418 g/mol. The van der Waals surface area contributed by atoms with Crippen molar-refractivity contribution < 1.29 is 14.4 Å². The van der Waals surface area contributed by atoms with Crippen molar-refractivity contribution in [2.45, 2.75) is 25.9 Å². The van der Waals surface area contributed by atoms with Gasteiger partial charge in [0.05, 0.1) is 23.9 Å². The van der Waals surface area contributed by atoms with Gasteiger partial charge in [-0.3, -0.25) is 15.1 Å². The van der Waals surface area contributed by atoms with Crippen LogP contribution in [0.5, 0.6) is 17.2 Å². The lowest BCUT2D eigenvalue weighted by atomic mass is 9.94. The van der Waals surface area contributed by atoms with Crippen LogP contribution in [0.1, 0.15) is 30.4 Å². The second kappa shape index (κ2) is 10.6. The zero-order valence-electron chi connectivity index (χ0n) is 18.6. The van der Waals surface area contributed by atoms with Gasteiger partial charge in [-0.25, -0.2) is 0 Å². The molecule has 3 aromatic rings. The van der Waals surface area contributed by atoms with E-state index in [0.29, 0.717) is 23.9 Å². The van der Waals surface area contributed by atoms with Crippen molar-refractivity contribution in [2.24, 2.45) is 4.99 Å². The van der Waals surface area contributed by atoms with Crippen molar-refractivity contribution in [2.75, 3.05) is 19.6 Å². The predicted octanol–water partition coefficient (Wildman–Crippen LogP) is 5.80. The Balaban J connectivity index is 1.61. The van der Waals surface area contributed by atoms with Gasteiger partial charge < -0.3 is 14.4 Å². The molecule has 0 saturated heterocycles. The third-order valence-electron chi connectivity index (χ3n) is 5.66. The predicted molar refractivity (Wildman–Crippen MR) is 128 cm³/mol. The van der Waals surface area contributed by atoms with Gasteiger partial charge in [0, 0.05) is 30.6 Å².